The highest BCUT2D eigenvalue weighted by atomic mass is 79.9. The number of halogens is 2. The molecule has 1 aromatic carbocycles. The summed E-state index contributed by atoms with van der Waals surface area (Å²) in [6.45, 7) is 4.09. The van der Waals surface area contributed by atoms with Gasteiger partial charge < -0.3 is 10.0 Å². The lowest BCUT2D eigenvalue weighted by Crippen LogP contribution is -2.36. The van der Waals surface area contributed by atoms with Gasteiger partial charge in [0.25, 0.3) is 5.91 Å². The fourth-order valence-corrected chi connectivity index (χ4v) is 3.59. The number of nitrogens with zero attached hydrogens (tertiary/aromatic N) is 2. The number of benzene rings is 1. The first kappa shape index (κ1) is 15.9. The van der Waals surface area contributed by atoms with E-state index in [1.807, 2.05) is 23.1 Å². The third kappa shape index (κ3) is 4.04. The number of amides is 1. The number of rotatable bonds is 3. The molecule has 0 aromatic heterocycles. The van der Waals surface area contributed by atoms with Crippen LogP contribution in [0.1, 0.15) is 16.8 Å². The molecule has 6 heteroatoms. The molecule has 0 saturated carbocycles. The Labute approximate surface area is 136 Å². The summed E-state index contributed by atoms with van der Waals surface area (Å²) in [6.07, 6.45) is 0.944. The molecule has 20 heavy (non-hydrogen) atoms. The average molecular weight is 406 g/mol. The molecule has 1 aliphatic rings. The van der Waals surface area contributed by atoms with Crippen LogP contribution in [0.15, 0.2) is 27.1 Å². The number of aliphatic hydroxyl groups excluding tert-OH is 1. The lowest BCUT2D eigenvalue weighted by molar-refractivity contribution is 0.0759. The number of carbonyl (C=O) groups is 1. The lowest BCUT2D eigenvalue weighted by Gasteiger charge is -2.22. The standard InChI is InChI=1S/C14H18Br2N2O2/c15-11-2-3-12(13(16)10-11)14(20)18-5-1-4-17(6-7-18)8-9-19/h2-3,10,19H,1,4-9H2. The Balaban J connectivity index is 2.05. The van der Waals surface area contributed by atoms with Crippen LogP contribution in [0.4, 0.5) is 0 Å². The molecular formula is C14H18Br2N2O2. The van der Waals surface area contributed by atoms with Gasteiger partial charge in [-0.05, 0) is 47.1 Å². The molecule has 0 radical (unpaired) electrons. The Hall–Kier alpha value is -0.430. The molecule has 0 bridgehead atoms. The van der Waals surface area contributed by atoms with Crippen molar-refractivity contribution in [1.82, 2.24) is 9.80 Å². The highest BCUT2D eigenvalue weighted by molar-refractivity contribution is 9.11. The first-order chi connectivity index (χ1) is 9.61. The van der Waals surface area contributed by atoms with Crippen molar-refractivity contribution in [2.24, 2.45) is 0 Å². The normalized spacial score (nSPS) is 17.1. The molecule has 1 aliphatic heterocycles. The summed E-state index contributed by atoms with van der Waals surface area (Å²) in [5.41, 5.74) is 0.698. The van der Waals surface area contributed by atoms with Crippen molar-refractivity contribution in [2.45, 2.75) is 6.42 Å². The summed E-state index contributed by atoms with van der Waals surface area (Å²) in [5, 5.41) is 8.99. The molecule has 0 unspecified atom stereocenters. The van der Waals surface area contributed by atoms with E-state index in [1.54, 1.807) is 0 Å². The van der Waals surface area contributed by atoms with Gasteiger partial charge in [0.2, 0.25) is 0 Å². The van der Waals surface area contributed by atoms with Crippen LogP contribution in [0.5, 0.6) is 0 Å². The van der Waals surface area contributed by atoms with Crippen LogP contribution in [0, 0.1) is 0 Å². The van der Waals surface area contributed by atoms with E-state index in [-0.39, 0.29) is 12.5 Å². The molecule has 1 N–H and O–H groups in total. The van der Waals surface area contributed by atoms with Crippen molar-refractivity contribution in [2.75, 3.05) is 39.3 Å². The van der Waals surface area contributed by atoms with Gasteiger partial charge >= 0.3 is 0 Å². The van der Waals surface area contributed by atoms with Crippen LogP contribution in [-0.4, -0.2) is 60.1 Å². The predicted octanol–water partition coefficient (Wildman–Crippen LogP) is 2.35. The van der Waals surface area contributed by atoms with Gasteiger partial charge in [-0.3, -0.25) is 9.69 Å². The van der Waals surface area contributed by atoms with E-state index >= 15 is 0 Å². The number of β-amino-alcohol motifs (C(OH)–C–C–N with tert-alkyl or cyclic N) is 1. The number of carbonyl (C=O) groups excluding carboxylic acids is 1. The van der Waals surface area contributed by atoms with Crippen LogP contribution in [0.2, 0.25) is 0 Å². The van der Waals surface area contributed by atoms with Gasteiger partial charge in [-0.15, -0.1) is 0 Å². The smallest absolute Gasteiger partial charge is 0.255 e. The van der Waals surface area contributed by atoms with Crippen molar-refractivity contribution in [3.05, 3.63) is 32.7 Å². The van der Waals surface area contributed by atoms with Crippen molar-refractivity contribution in [3.8, 4) is 0 Å². The highest BCUT2D eigenvalue weighted by Gasteiger charge is 2.21. The largest absolute Gasteiger partial charge is 0.395 e. The van der Waals surface area contributed by atoms with Gasteiger partial charge in [0.15, 0.2) is 0 Å². The number of hydrogen-bond donors (Lipinski definition) is 1. The molecule has 1 heterocycles. The zero-order chi connectivity index (χ0) is 14.5. The van der Waals surface area contributed by atoms with Crippen molar-refractivity contribution in [3.63, 3.8) is 0 Å². The minimum Gasteiger partial charge on any atom is -0.395 e. The van der Waals surface area contributed by atoms with Crippen LogP contribution >= 0.6 is 31.9 Å². The van der Waals surface area contributed by atoms with Crippen molar-refractivity contribution < 1.29 is 9.90 Å². The Morgan fingerprint density at radius 3 is 2.70 bits per heavy atom. The minimum absolute atomic E-state index is 0.0650. The van der Waals surface area contributed by atoms with Gasteiger partial charge in [0.05, 0.1) is 12.2 Å². The second-order valence-electron chi connectivity index (χ2n) is 4.84. The van der Waals surface area contributed by atoms with Gasteiger partial charge in [-0.1, -0.05) is 15.9 Å². The SMILES string of the molecule is O=C(c1ccc(Br)cc1Br)N1CCCN(CCO)CC1. The van der Waals surface area contributed by atoms with Gasteiger partial charge in [-0.2, -0.15) is 0 Å². The Kier molecular flexibility index (Phi) is 6.01. The molecule has 2 rings (SSSR count). The molecule has 110 valence electrons. The predicted molar refractivity (Wildman–Crippen MR) is 85.9 cm³/mol. The molecular weight excluding hydrogens is 388 g/mol. The van der Waals surface area contributed by atoms with E-state index in [0.717, 1.165) is 35.0 Å². The summed E-state index contributed by atoms with van der Waals surface area (Å²) < 4.78 is 1.76. The van der Waals surface area contributed by atoms with Crippen LogP contribution in [0.25, 0.3) is 0 Å². The number of hydrogen-bond acceptors (Lipinski definition) is 3. The number of aliphatic hydroxyl groups is 1. The summed E-state index contributed by atoms with van der Waals surface area (Å²) in [5.74, 6) is 0.0650. The second kappa shape index (κ2) is 7.54. The molecule has 1 saturated heterocycles. The Morgan fingerprint density at radius 2 is 2.00 bits per heavy atom. The maximum Gasteiger partial charge on any atom is 0.255 e. The average Bonchev–Trinajstić information content (AvgIpc) is 2.64. The highest BCUT2D eigenvalue weighted by Crippen LogP contribution is 2.23. The molecule has 1 fully saturated rings. The second-order valence-corrected chi connectivity index (χ2v) is 6.61. The molecule has 0 aliphatic carbocycles. The zero-order valence-corrected chi connectivity index (χ0v) is 14.4. The summed E-state index contributed by atoms with van der Waals surface area (Å²) in [6, 6.07) is 5.61. The fraction of sp³-hybridized carbons (Fsp3) is 0.500. The van der Waals surface area contributed by atoms with E-state index in [4.69, 9.17) is 5.11 Å². The van der Waals surface area contributed by atoms with E-state index in [0.29, 0.717) is 18.7 Å². The lowest BCUT2D eigenvalue weighted by atomic mass is 10.2. The molecule has 1 aromatic rings. The van der Waals surface area contributed by atoms with Crippen molar-refractivity contribution >= 4 is 37.8 Å². The van der Waals surface area contributed by atoms with Crippen molar-refractivity contribution in [1.29, 1.82) is 0 Å². The molecule has 0 spiro atoms. The summed E-state index contributed by atoms with van der Waals surface area (Å²) >= 11 is 6.84. The van der Waals surface area contributed by atoms with Crippen LogP contribution in [0.3, 0.4) is 0 Å². The van der Waals surface area contributed by atoms with Crippen LogP contribution in [-0.2, 0) is 0 Å². The molecule has 4 nitrogen and oxygen atoms in total. The topological polar surface area (TPSA) is 43.8 Å². The maximum absolute atomic E-state index is 12.6. The van der Waals surface area contributed by atoms with Gasteiger partial charge in [0, 0.05) is 35.1 Å². The third-order valence-corrected chi connectivity index (χ3v) is 4.60. The fourth-order valence-electron chi connectivity index (χ4n) is 2.37. The third-order valence-electron chi connectivity index (χ3n) is 3.45. The van der Waals surface area contributed by atoms with Crippen LogP contribution < -0.4 is 0 Å². The maximum atomic E-state index is 12.6. The zero-order valence-electron chi connectivity index (χ0n) is 11.2. The van der Waals surface area contributed by atoms with E-state index in [9.17, 15) is 4.79 Å². The Bertz CT molecular complexity index is 482. The minimum atomic E-state index is 0.0650. The molecule has 1 amide bonds. The monoisotopic (exact) mass is 404 g/mol. The van der Waals surface area contributed by atoms with E-state index < -0.39 is 0 Å². The van der Waals surface area contributed by atoms with Gasteiger partial charge in [0.1, 0.15) is 0 Å². The van der Waals surface area contributed by atoms with E-state index in [2.05, 4.69) is 36.8 Å². The Morgan fingerprint density at radius 1 is 1.20 bits per heavy atom. The quantitative estimate of drug-likeness (QED) is 0.839. The first-order valence-electron chi connectivity index (χ1n) is 6.69. The summed E-state index contributed by atoms with van der Waals surface area (Å²) in [7, 11) is 0. The van der Waals surface area contributed by atoms with Gasteiger partial charge in [-0.25, -0.2) is 0 Å². The summed E-state index contributed by atoms with van der Waals surface area (Å²) in [4.78, 5) is 16.7. The van der Waals surface area contributed by atoms with E-state index in [1.165, 1.54) is 0 Å². The molecule has 0 atom stereocenters. The first-order valence-corrected chi connectivity index (χ1v) is 8.28.